The Hall–Kier alpha value is -4.66. The van der Waals surface area contributed by atoms with Gasteiger partial charge < -0.3 is 21.0 Å². The van der Waals surface area contributed by atoms with Crippen molar-refractivity contribution in [2.24, 2.45) is 10.1 Å². The van der Waals surface area contributed by atoms with Crippen molar-refractivity contribution in [3.8, 4) is 0 Å². The number of pyridine rings is 1. The molecule has 40 heavy (non-hydrogen) atoms. The maximum atomic E-state index is 13.0. The van der Waals surface area contributed by atoms with E-state index in [1.165, 1.54) is 17.1 Å². The Morgan fingerprint density at radius 2 is 2.25 bits per heavy atom. The lowest BCUT2D eigenvalue weighted by Crippen LogP contribution is -2.71. The first-order chi connectivity index (χ1) is 19.2. The smallest absolute Gasteiger partial charge is 0.352 e. The van der Waals surface area contributed by atoms with Gasteiger partial charge in [0.1, 0.15) is 35.0 Å². The summed E-state index contributed by atoms with van der Waals surface area (Å²) in [5, 5.41) is 24.3. The number of aliphatic imine (C=N–C) groups is 1. The van der Waals surface area contributed by atoms with Gasteiger partial charge in [0.2, 0.25) is 0 Å². The Morgan fingerprint density at radius 1 is 1.45 bits per heavy atom. The van der Waals surface area contributed by atoms with Gasteiger partial charge in [0.15, 0.2) is 29.8 Å². The fourth-order valence-corrected chi connectivity index (χ4v) is 5.77. The number of nitrogen functional groups attached to an aromatic ring is 1. The van der Waals surface area contributed by atoms with E-state index in [1.54, 1.807) is 54.2 Å². The Balaban J connectivity index is 1.48. The van der Waals surface area contributed by atoms with Crippen LogP contribution in [0.1, 0.15) is 23.0 Å². The average molecular weight is 584 g/mol. The summed E-state index contributed by atoms with van der Waals surface area (Å²) in [6.45, 7) is 2.20. The predicted octanol–water partition coefficient (Wildman–Crippen LogP) is 0.641. The van der Waals surface area contributed by atoms with Crippen molar-refractivity contribution in [2.45, 2.75) is 24.9 Å². The molecule has 1 saturated heterocycles. The second-order valence-corrected chi connectivity index (χ2v) is 10.2. The molecule has 0 aromatic carbocycles. The van der Waals surface area contributed by atoms with Crippen molar-refractivity contribution in [3.63, 3.8) is 0 Å². The summed E-state index contributed by atoms with van der Waals surface area (Å²) in [6, 6.07) is 3.92. The molecule has 0 aliphatic carbocycles. The molecule has 1 fully saturated rings. The summed E-state index contributed by atoms with van der Waals surface area (Å²) in [5.74, 6) is -2.88. The predicted molar refractivity (Wildman–Crippen MR) is 145 cm³/mol. The van der Waals surface area contributed by atoms with Gasteiger partial charge in [-0.05, 0) is 24.6 Å². The van der Waals surface area contributed by atoms with E-state index in [4.69, 9.17) is 16.0 Å². The molecule has 0 spiro atoms. The van der Waals surface area contributed by atoms with Crippen LogP contribution in [0.5, 0.6) is 0 Å². The molecule has 3 amide bonds. The van der Waals surface area contributed by atoms with Gasteiger partial charge in [-0.15, -0.1) is 28.1 Å². The van der Waals surface area contributed by atoms with Crippen LogP contribution < -0.4 is 15.6 Å². The van der Waals surface area contributed by atoms with Gasteiger partial charge in [0.05, 0.1) is 6.01 Å². The van der Waals surface area contributed by atoms with E-state index in [2.05, 4.69) is 20.4 Å². The number of oxime groups is 1. The third kappa shape index (κ3) is 5.98. The number of β-lactam (4-membered cyclic amide) rings is 1. The maximum Gasteiger partial charge on any atom is 0.352 e. The standard InChI is InChI=1S/C24H22N8O6S2/c1-2-38-30-16(15-11-40-24(26)28-15)20(34)29-17-21(35)32-18(23(36)37)14(10-39-22(17)32)6-4-8-31-7-3-5-13(9-31)19(33)27-12-25/h3-7,9,11,17,22,25H,2,8,10H2,1H3,(H3-,26,28,29,34,36,37)/p+1/b6-4+,30-16-/t17-,22-/m1/s1. The number of nitrogens with one attached hydrogen (secondary N) is 2. The molecule has 0 radical (unpaired) electrons. The number of hydrogen-bond acceptors (Lipinski definition) is 11. The van der Waals surface area contributed by atoms with Crippen molar-refractivity contribution in [1.82, 2.24) is 15.2 Å². The number of aromatic nitrogens is 2. The minimum Gasteiger partial charge on any atom is -0.477 e. The lowest BCUT2D eigenvalue weighted by atomic mass is 10.0. The summed E-state index contributed by atoms with van der Waals surface area (Å²) in [6.07, 6.45) is 6.57. The lowest BCUT2D eigenvalue weighted by Gasteiger charge is -2.49. The molecule has 2 aliphatic heterocycles. The van der Waals surface area contributed by atoms with Crippen LogP contribution in [0.2, 0.25) is 0 Å². The largest absolute Gasteiger partial charge is 0.477 e. The molecule has 2 aliphatic rings. The second kappa shape index (κ2) is 12.5. The number of allylic oxidation sites excluding steroid dienone is 2. The monoisotopic (exact) mass is 583 g/mol. The van der Waals surface area contributed by atoms with Gasteiger partial charge in [-0.1, -0.05) is 11.2 Å². The summed E-state index contributed by atoms with van der Waals surface area (Å²) >= 11 is 2.42. The van der Waals surface area contributed by atoms with Crippen molar-refractivity contribution in [3.05, 3.63) is 64.6 Å². The summed E-state index contributed by atoms with van der Waals surface area (Å²) in [5.41, 5.74) is 6.24. The molecule has 4 heterocycles. The number of thiazole rings is 1. The molecule has 206 valence electrons. The number of fused-ring (bicyclic) bond motifs is 1. The molecule has 0 saturated carbocycles. The number of carbonyl (C=O) groups excluding carboxylic acids is 3. The molecule has 2 aromatic rings. The molecular weight excluding hydrogens is 560 g/mol. The first kappa shape index (κ1) is 28.4. The number of carbonyl (C=O) groups is 4. The number of amides is 3. The lowest BCUT2D eigenvalue weighted by molar-refractivity contribution is -0.687. The van der Waals surface area contributed by atoms with Crippen LogP contribution in [-0.4, -0.2) is 74.2 Å². The Kier molecular flexibility index (Phi) is 8.83. The molecule has 5 N–H and O–H groups in total. The second-order valence-electron chi connectivity index (χ2n) is 8.19. The minimum atomic E-state index is -1.27. The van der Waals surface area contributed by atoms with E-state index in [9.17, 15) is 24.3 Å². The number of nitrogens with zero attached hydrogens (tertiary/aromatic N) is 5. The van der Waals surface area contributed by atoms with Gasteiger partial charge in [0, 0.05) is 17.2 Å². The molecule has 16 heteroatoms. The number of nitrogens with two attached hydrogens (primary N) is 1. The number of anilines is 1. The molecular formula is C24H23N8O6S2+. The fourth-order valence-electron chi connectivity index (χ4n) is 3.90. The van der Waals surface area contributed by atoms with Gasteiger partial charge in [-0.25, -0.2) is 19.8 Å². The molecule has 2 aromatic heterocycles. The van der Waals surface area contributed by atoms with E-state index < -0.39 is 35.1 Å². The number of hydrogen-bond donors (Lipinski definition) is 4. The van der Waals surface area contributed by atoms with Gasteiger partial charge in [-0.3, -0.25) is 19.3 Å². The van der Waals surface area contributed by atoms with Crippen LogP contribution in [0.3, 0.4) is 0 Å². The number of rotatable bonds is 10. The van der Waals surface area contributed by atoms with Crippen molar-refractivity contribution in [1.29, 1.82) is 5.41 Å². The Bertz CT molecular complexity index is 1510. The quantitative estimate of drug-likeness (QED) is 0.134. The van der Waals surface area contributed by atoms with Crippen molar-refractivity contribution < 1.29 is 33.7 Å². The van der Waals surface area contributed by atoms with Crippen LogP contribution in [0, 0.1) is 5.41 Å². The zero-order chi connectivity index (χ0) is 28.8. The highest BCUT2D eigenvalue weighted by Crippen LogP contribution is 2.40. The zero-order valence-electron chi connectivity index (χ0n) is 20.9. The van der Waals surface area contributed by atoms with E-state index >= 15 is 0 Å². The normalized spacial score (nSPS) is 18.6. The van der Waals surface area contributed by atoms with E-state index in [0.29, 0.717) is 12.1 Å². The minimum absolute atomic E-state index is 0.146. The molecule has 4 rings (SSSR count). The van der Waals surface area contributed by atoms with E-state index in [1.807, 2.05) is 0 Å². The maximum absolute atomic E-state index is 13.0. The number of aliphatic carboxylic acids is 1. The topological polar surface area (TPSA) is 204 Å². The first-order valence-electron chi connectivity index (χ1n) is 11.7. The SMILES string of the molecule is CCO/N=C(\C(=O)N[C@@H]1C(=O)N2C(C(=O)O)=C(/C=C/C[n+]3cccc(C(=O)N=C=N)c3)CS[C@H]12)c1csc(N)n1. The fraction of sp³-hybridized carbons (Fsp3) is 0.250. The van der Waals surface area contributed by atoms with E-state index in [0.717, 1.165) is 16.2 Å². The molecule has 0 bridgehead atoms. The van der Waals surface area contributed by atoms with Crippen molar-refractivity contribution in [2.75, 3.05) is 18.1 Å². The average Bonchev–Trinajstić information content (AvgIpc) is 3.37. The third-order valence-corrected chi connectivity index (χ3v) is 7.63. The highest BCUT2D eigenvalue weighted by atomic mass is 32.2. The van der Waals surface area contributed by atoms with Gasteiger partial charge in [-0.2, -0.15) is 0 Å². The van der Waals surface area contributed by atoms with Crippen LogP contribution in [0.4, 0.5) is 5.13 Å². The van der Waals surface area contributed by atoms with Gasteiger partial charge >= 0.3 is 5.97 Å². The molecule has 14 nitrogen and oxygen atoms in total. The molecule has 0 unspecified atom stereocenters. The van der Waals surface area contributed by atoms with Gasteiger partial charge in [0.25, 0.3) is 17.7 Å². The highest BCUT2D eigenvalue weighted by Gasteiger charge is 2.54. The zero-order valence-corrected chi connectivity index (χ0v) is 22.6. The van der Waals surface area contributed by atoms with Crippen LogP contribution in [0.25, 0.3) is 0 Å². The summed E-state index contributed by atoms with van der Waals surface area (Å²) in [4.78, 5) is 63.5. The van der Waals surface area contributed by atoms with Crippen LogP contribution >= 0.6 is 23.1 Å². The van der Waals surface area contributed by atoms with E-state index in [-0.39, 0.29) is 40.2 Å². The highest BCUT2D eigenvalue weighted by molar-refractivity contribution is 8.00. The summed E-state index contributed by atoms with van der Waals surface area (Å²) < 4.78 is 1.68. The van der Waals surface area contributed by atoms with Crippen LogP contribution in [0.15, 0.2) is 63.5 Å². The molecule has 2 atom stereocenters. The Morgan fingerprint density at radius 3 is 2.92 bits per heavy atom. The van der Waals surface area contributed by atoms with Crippen LogP contribution in [-0.2, 0) is 25.8 Å². The number of carboxylic acids is 1. The first-order valence-corrected chi connectivity index (χ1v) is 13.6. The summed E-state index contributed by atoms with van der Waals surface area (Å²) in [7, 11) is 0. The number of thioether (sulfide) groups is 1. The van der Waals surface area contributed by atoms with Crippen molar-refractivity contribution >= 4 is 63.6 Å². The third-order valence-electron chi connectivity index (χ3n) is 5.65. The number of carboxylic acid groups (broad SMARTS) is 1. The Labute approximate surface area is 235 Å².